The summed E-state index contributed by atoms with van der Waals surface area (Å²) in [5, 5.41) is 8.58. The van der Waals surface area contributed by atoms with Gasteiger partial charge < -0.3 is 20.3 Å². The van der Waals surface area contributed by atoms with Gasteiger partial charge in [0.2, 0.25) is 11.8 Å². The molecule has 210 valence electrons. The molecule has 3 atom stereocenters. The number of nitrogens with zero attached hydrogens (tertiary/aromatic N) is 2. The predicted molar refractivity (Wildman–Crippen MR) is 142 cm³/mol. The monoisotopic (exact) mass is 539 g/mol. The Morgan fingerprint density at radius 1 is 1.05 bits per heavy atom. The van der Waals surface area contributed by atoms with E-state index in [0.717, 1.165) is 43.8 Å². The molecule has 1 aromatic rings. The first-order valence-electron chi connectivity index (χ1n) is 13.8. The molecule has 0 spiro atoms. The number of hydrogen-bond donors (Lipinski definition) is 3. The van der Waals surface area contributed by atoms with E-state index in [1.54, 1.807) is 18.2 Å². The van der Waals surface area contributed by atoms with Gasteiger partial charge in [0.15, 0.2) is 0 Å². The van der Waals surface area contributed by atoms with Crippen LogP contribution in [0.5, 0.6) is 0 Å². The van der Waals surface area contributed by atoms with E-state index in [1.807, 2.05) is 20.8 Å². The maximum atomic E-state index is 13.3. The number of benzene rings is 1. The van der Waals surface area contributed by atoms with E-state index in [2.05, 4.69) is 20.9 Å². The Morgan fingerprint density at radius 2 is 1.79 bits per heavy atom. The molecule has 4 aliphatic rings. The van der Waals surface area contributed by atoms with Crippen molar-refractivity contribution in [3.8, 4) is 0 Å². The third-order valence-corrected chi connectivity index (χ3v) is 7.89. The lowest BCUT2D eigenvalue weighted by atomic mass is 10.0. The number of piperidine rings is 2. The van der Waals surface area contributed by atoms with Crippen LogP contribution in [0.15, 0.2) is 18.2 Å². The first kappa shape index (κ1) is 27.1. The number of anilines is 1. The van der Waals surface area contributed by atoms with Crippen molar-refractivity contribution in [2.45, 2.75) is 70.6 Å². The second-order valence-corrected chi connectivity index (χ2v) is 12.0. The summed E-state index contributed by atoms with van der Waals surface area (Å²) >= 11 is 0. The molecule has 1 saturated carbocycles. The lowest BCUT2D eigenvalue weighted by molar-refractivity contribution is -0.136. The smallest absolute Gasteiger partial charge is 0.407 e. The molecule has 0 bridgehead atoms. The molecule has 3 heterocycles. The number of rotatable bonds is 7. The molecule has 3 fully saturated rings. The van der Waals surface area contributed by atoms with Crippen LogP contribution in [0.4, 0.5) is 10.5 Å². The van der Waals surface area contributed by atoms with Crippen molar-refractivity contribution in [1.29, 1.82) is 0 Å². The highest BCUT2D eigenvalue weighted by atomic mass is 16.6. The van der Waals surface area contributed by atoms with Crippen LogP contribution in [0.3, 0.4) is 0 Å². The van der Waals surface area contributed by atoms with Gasteiger partial charge in [0, 0.05) is 44.3 Å². The number of carbonyl (C=O) groups excluding carboxylic acids is 5. The fraction of sp³-hybridized carbons (Fsp3) is 0.607. The SMILES string of the molecule is CC(C)(C)OC(=O)NC1CCN(CC2C[C@@H]2CNc2cccc3c2C(=O)N(C2CCC(=O)NC2=O)C3=O)CC1. The van der Waals surface area contributed by atoms with Gasteiger partial charge in [-0.3, -0.25) is 29.4 Å². The molecule has 1 aromatic carbocycles. The number of ether oxygens (including phenoxy) is 1. The quantitative estimate of drug-likeness (QED) is 0.448. The number of hydrogen-bond acceptors (Lipinski definition) is 8. The Labute approximate surface area is 228 Å². The molecule has 5 amide bonds. The average Bonchev–Trinajstić information content (AvgIpc) is 3.55. The van der Waals surface area contributed by atoms with Crippen LogP contribution < -0.4 is 16.0 Å². The molecule has 5 rings (SSSR count). The van der Waals surface area contributed by atoms with Gasteiger partial charge in [0.1, 0.15) is 11.6 Å². The van der Waals surface area contributed by atoms with Crippen molar-refractivity contribution in [3.05, 3.63) is 29.3 Å². The third-order valence-electron chi connectivity index (χ3n) is 7.89. The zero-order valence-corrected chi connectivity index (χ0v) is 22.7. The minimum Gasteiger partial charge on any atom is -0.444 e. The Hall–Kier alpha value is -3.47. The molecular formula is C28H37N5O6. The predicted octanol–water partition coefficient (Wildman–Crippen LogP) is 2.12. The highest BCUT2D eigenvalue weighted by molar-refractivity contribution is 6.25. The second kappa shape index (κ2) is 10.6. The van der Waals surface area contributed by atoms with Crippen molar-refractivity contribution in [3.63, 3.8) is 0 Å². The molecule has 0 radical (unpaired) electrons. The molecule has 1 aliphatic carbocycles. The summed E-state index contributed by atoms with van der Waals surface area (Å²) in [5.74, 6) is -0.972. The minimum absolute atomic E-state index is 0.0932. The van der Waals surface area contributed by atoms with Crippen LogP contribution >= 0.6 is 0 Å². The van der Waals surface area contributed by atoms with Gasteiger partial charge in [-0.05, 0) is 70.4 Å². The zero-order chi connectivity index (χ0) is 27.9. The van der Waals surface area contributed by atoms with E-state index in [1.165, 1.54) is 0 Å². The van der Waals surface area contributed by atoms with Gasteiger partial charge in [0.05, 0.1) is 11.1 Å². The number of likely N-dealkylation sites (tertiary alicyclic amines) is 1. The van der Waals surface area contributed by atoms with Gasteiger partial charge in [-0.15, -0.1) is 0 Å². The van der Waals surface area contributed by atoms with E-state index in [0.29, 0.717) is 29.6 Å². The first-order valence-corrected chi connectivity index (χ1v) is 13.8. The van der Waals surface area contributed by atoms with Gasteiger partial charge in [-0.1, -0.05) is 6.07 Å². The summed E-state index contributed by atoms with van der Waals surface area (Å²) in [6.45, 7) is 9.11. The molecule has 39 heavy (non-hydrogen) atoms. The summed E-state index contributed by atoms with van der Waals surface area (Å²) in [7, 11) is 0. The molecule has 0 aromatic heterocycles. The highest BCUT2D eigenvalue weighted by Gasteiger charge is 2.46. The Balaban J connectivity index is 1.10. The number of alkyl carbamates (subject to hydrolysis) is 1. The van der Waals surface area contributed by atoms with Crippen molar-refractivity contribution in [2.75, 3.05) is 31.5 Å². The molecule has 3 aliphatic heterocycles. The van der Waals surface area contributed by atoms with Gasteiger partial charge in [0.25, 0.3) is 11.8 Å². The Kier molecular flexibility index (Phi) is 7.37. The lowest BCUT2D eigenvalue weighted by Gasteiger charge is -2.33. The van der Waals surface area contributed by atoms with E-state index in [4.69, 9.17) is 4.74 Å². The number of amides is 5. The summed E-state index contributed by atoms with van der Waals surface area (Å²) in [4.78, 5) is 65.6. The van der Waals surface area contributed by atoms with Crippen LogP contribution in [-0.2, 0) is 14.3 Å². The topological polar surface area (TPSA) is 137 Å². The molecule has 2 unspecified atom stereocenters. The molecular weight excluding hydrogens is 502 g/mol. The van der Waals surface area contributed by atoms with E-state index >= 15 is 0 Å². The average molecular weight is 540 g/mol. The van der Waals surface area contributed by atoms with Crippen molar-refractivity contribution < 1.29 is 28.7 Å². The van der Waals surface area contributed by atoms with Gasteiger partial charge in [-0.2, -0.15) is 0 Å². The van der Waals surface area contributed by atoms with Crippen LogP contribution in [0.2, 0.25) is 0 Å². The second-order valence-electron chi connectivity index (χ2n) is 12.0. The number of carbonyl (C=O) groups is 5. The number of imide groups is 2. The maximum Gasteiger partial charge on any atom is 0.407 e. The van der Waals surface area contributed by atoms with E-state index in [9.17, 15) is 24.0 Å². The number of fused-ring (bicyclic) bond motifs is 1. The van der Waals surface area contributed by atoms with Crippen LogP contribution in [0, 0.1) is 11.8 Å². The van der Waals surface area contributed by atoms with E-state index < -0.39 is 35.3 Å². The number of nitrogens with one attached hydrogen (secondary N) is 3. The largest absolute Gasteiger partial charge is 0.444 e. The first-order chi connectivity index (χ1) is 18.5. The molecule has 2 saturated heterocycles. The van der Waals surface area contributed by atoms with Crippen molar-refractivity contribution >= 4 is 35.4 Å². The van der Waals surface area contributed by atoms with Gasteiger partial charge >= 0.3 is 6.09 Å². The minimum atomic E-state index is -0.973. The third kappa shape index (κ3) is 6.08. The van der Waals surface area contributed by atoms with Crippen molar-refractivity contribution in [1.82, 2.24) is 20.4 Å². The molecule has 3 N–H and O–H groups in total. The summed E-state index contributed by atoms with van der Waals surface area (Å²) in [6.07, 6.45) is 2.75. The zero-order valence-electron chi connectivity index (χ0n) is 22.7. The van der Waals surface area contributed by atoms with Crippen molar-refractivity contribution in [2.24, 2.45) is 11.8 Å². The fourth-order valence-electron chi connectivity index (χ4n) is 5.75. The lowest BCUT2D eigenvalue weighted by Crippen LogP contribution is -2.54. The normalized spacial score (nSPS) is 25.8. The Morgan fingerprint density at radius 3 is 2.49 bits per heavy atom. The maximum absolute atomic E-state index is 13.3. The molecule has 11 nitrogen and oxygen atoms in total. The van der Waals surface area contributed by atoms with Crippen LogP contribution in [0.1, 0.15) is 73.6 Å². The van der Waals surface area contributed by atoms with Crippen LogP contribution in [0.25, 0.3) is 0 Å². The standard InChI is InChI=1S/C28H37N5O6/c1-28(2,3)39-27(38)30-18-9-11-32(12-10-18)15-17-13-16(17)14-29-20-6-4-5-19-23(20)26(37)33(25(19)36)21-7-8-22(34)31-24(21)35/h4-6,16-18,21,29H,7-15H2,1-3H3,(H,30,38)(H,31,34,35)/t16-,17?,21?/m1/s1. The summed E-state index contributed by atoms with van der Waals surface area (Å²) < 4.78 is 5.36. The fourth-order valence-corrected chi connectivity index (χ4v) is 5.75. The summed E-state index contributed by atoms with van der Waals surface area (Å²) in [5.41, 5.74) is 0.671. The van der Waals surface area contributed by atoms with Crippen LogP contribution in [-0.4, -0.2) is 83.4 Å². The van der Waals surface area contributed by atoms with E-state index in [-0.39, 0.29) is 30.5 Å². The molecule has 11 heteroatoms. The summed E-state index contributed by atoms with van der Waals surface area (Å²) in [6, 6.07) is 4.29. The highest BCUT2D eigenvalue weighted by Crippen LogP contribution is 2.40. The Bertz CT molecular complexity index is 1190. The van der Waals surface area contributed by atoms with Gasteiger partial charge in [-0.25, -0.2) is 4.79 Å².